The highest BCUT2D eigenvalue weighted by Gasteiger charge is 2.33. The first-order chi connectivity index (χ1) is 6.87. The Morgan fingerprint density at radius 1 is 0.933 bits per heavy atom. The molecule has 1 nitrogen and oxygen atoms in total. The molecule has 1 aliphatic heterocycles. The Morgan fingerprint density at radius 3 is 1.93 bits per heavy atom. The van der Waals surface area contributed by atoms with Crippen molar-refractivity contribution >= 4 is 0 Å². The van der Waals surface area contributed by atoms with Crippen LogP contribution in [0.1, 0.15) is 66.7 Å². The van der Waals surface area contributed by atoms with Crippen LogP contribution in [0.2, 0.25) is 0 Å². The van der Waals surface area contributed by atoms with Crippen LogP contribution >= 0.6 is 0 Å². The van der Waals surface area contributed by atoms with E-state index in [1.165, 1.54) is 45.2 Å². The predicted octanol–water partition coefficient (Wildman–Crippen LogP) is 4.08. The minimum atomic E-state index is 0.389. The summed E-state index contributed by atoms with van der Waals surface area (Å²) in [6, 6.07) is 0. The summed E-state index contributed by atoms with van der Waals surface area (Å²) in [7, 11) is 0. The summed E-state index contributed by atoms with van der Waals surface area (Å²) in [5.41, 5.74) is 0.876. The van der Waals surface area contributed by atoms with E-state index in [4.69, 9.17) is 0 Å². The average molecular weight is 211 g/mol. The lowest BCUT2D eigenvalue weighted by atomic mass is 9.77. The first-order valence-corrected chi connectivity index (χ1v) is 6.62. The van der Waals surface area contributed by atoms with E-state index in [1.54, 1.807) is 0 Å². The average Bonchev–Trinajstić information content (AvgIpc) is 2.18. The number of hydrogen-bond donors (Lipinski definition) is 0. The Balaban J connectivity index is 2.56. The Kier molecular flexibility index (Phi) is 4.22. The van der Waals surface area contributed by atoms with Crippen molar-refractivity contribution in [3.63, 3.8) is 0 Å². The first-order valence-electron chi connectivity index (χ1n) is 6.62. The van der Waals surface area contributed by atoms with E-state index in [-0.39, 0.29) is 0 Å². The fraction of sp³-hybridized carbons (Fsp3) is 1.00. The number of likely N-dealkylation sites (tertiary alicyclic amines) is 1. The highest BCUT2D eigenvalue weighted by atomic mass is 15.2. The molecule has 1 heteroatoms. The van der Waals surface area contributed by atoms with Gasteiger partial charge in [0.05, 0.1) is 0 Å². The zero-order valence-electron chi connectivity index (χ0n) is 11.4. The number of nitrogens with zero attached hydrogens (tertiary/aromatic N) is 1. The second-order valence-electron chi connectivity index (χ2n) is 6.55. The maximum atomic E-state index is 2.70. The van der Waals surface area contributed by atoms with Gasteiger partial charge in [-0.25, -0.2) is 0 Å². The largest absolute Gasteiger partial charge is 0.298 e. The third-order valence-electron chi connectivity index (χ3n) is 4.08. The summed E-state index contributed by atoms with van der Waals surface area (Å²) in [6.45, 7) is 14.6. The molecule has 0 atom stereocenters. The highest BCUT2D eigenvalue weighted by Crippen LogP contribution is 2.35. The normalized spacial score (nSPS) is 20.6. The molecule has 0 saturated carbocycles. The van der Waals surface area contributed by atoms with Crippen molar-refractivity contribution < 1.29 is 0 Å². The molecule has 1 heterocycles. The molecule has 0 aliphatic carbocycles. The maximum Gasteiger partial charge on any atom is 0.0158 e. The molecule has 0 N–H and O–H groups in total. The van der Waals surface area contributed by atoms with E-state index in [9.17, 15) is 0 Å². The number of rotatable bonds is 4. The van der Waals surface area contributed by atoms with E-state index >= 15 is 0 Å². The Hall–Kier alpha value is -0.0400. The molecule has 1 rings (SSSR count). The molecular weight excluding hydrogens is 182 g/mol. The molecule has 15 heavy (non-hydrogen) atoms. The number of hydrogen-bond acceptors (Lipinski definition) is 1. The molecule has 0 radical (unpaired) electrons. The molecule has 1 saturated heterocycles. The second kappa shape index (κ2) is 4.86. The van der Waals surface area contributed by atoms with Crippen LogP contribution in [0.15, 0.2) is 0 Å². The van der Waals surface area contributed by atoms with Gasteiger partial charge in [0.1, 0.15) is 0 Å². The lowest BCUT2D eigenvalue weighted by Crippen LogP contribution is -2.48. The third kappa shape index (κ3) is 3.79. The summed E-state index contributed by atoms with van der Waals surface area (Å²) >= 11 is 0. The van der Waals surface area contributed by atoms with Crippen LogP contribution in [-0.2, 0) is 0 Å². The molecule has 0 bridgehead atoms. The van der Waals surface area contributed by atoms with Crippen LogP contribution < -0.4 is 0 Å². The van der Waals surface area contributed by atoms with Gasteiger partial charge in [0.2, 0.25) is 0 Å². The molecule has 0 aromatic rings. The topological polar surface area (TPSA) is 3.24 Å². The SMILES string of the molecule is CCC(C)(C)CC(C)(C)N1CCCCC1. The second-order valence-corrected chi connectivity index (χ2v) is 6.55. The van der Waals surface area contributed by atoms with Gasteiger partial charge >= 0.3 is 0 Å². The monoisotopic (exact) mass is 211 g/mol. The van der Waals surface area contributed by atoms with E-state index in [1.807, 2.05) is 0 Å². The van der Waals surface area contributed by atoms with Crippen LogP contribution in [-0.4, -0.2) is 23.5 Å². The van der Waals surface area contributed by atoms with Crippen LogP contribution in [0.4, 0.5) is 0 Å². The number of piperidine rings is 1. The summed E-state index contributed by atoms with van der Waals surface area (Å²) in [5.74, 6) is 0. The van der Waals surface area contributed by atoms with Gasteiger partial charge in [-0.05, 0) is 51.6 Å². The Morgan fingerprint density at radius 2 is 1.47 bits per heavy atom. The summed E-state index contributed by atoms with van der Waals surface area (Å²) in [6.07, 6.45) is 6.83. The zero-order chi connectivity index (χ0) is 11.5. The van der Waals surface area contributed by atoms with Crippen molar-refractivity contribution in [3.8, 4) is 0 Å². The fourth-order valence-electron chi connectivity index (χ4n) is 2.91. The zero-order valence-corrected chi connectivity index (χ0v) is 11.4. The van der Waals surface area contributed by atoms with Gasteiger partial charge in [0, 0.05) is 5.54 Å². The summed E-state index contributed by atoms with van der Waals surface area (Å²) in [5, 5.41) is 0. The molecule has 0 aromatic heterocycles. The van der Waals surface area contributed by atoms with Crippen LogP contribution in [0.25, 0.3) is 0 Å². The third-order valence-corrected chi connectivity index (χ3v) is 4.08. The lowest BCUT2D eigenvalue weighted by molar-refractivity contribution is 0.0536. The maximum absolute atomic E-state index is 2.70. The Bertz CT molecular complexity index is 188. The summed E-state index contributed by atoms with van der Waals surface area (Å²) < 4.78 is 0. The lowest BCUT2D eigenvalue weighted by Gasteiger charge is -2.45. The molecule has 0 spiro atoms. The van der Waals surface area contributed by atoms with Crippen LogP contribution in [0.5, 0.6) is 0 Å². The van der Waals surface area contributed by atoms with Gasteiger partial charge in [-0.3, -0.25) is 4.90 Å². The quantitative estimate of drug-likeness (QED) is 0.677. The molecular formula is C14H29N. The minimum absolute atomic E-state index is 0.389. The molecule has 90 valence electrons. The van der Waals surface area contributed by atoms with Crippen molar-refractivity contribution in [2.75, 3.05) is 13.1 Å². The van der Waals surface area contributed by atoms with Crippen LogP contribution in [0, 0.1) is 5.41 Å². The van der Waals surface area contributed by atoms with Crippen molar-refractivity contribution in [2.24, 2.45) is 5.41 Å². The van der Waals surface area contributed by atoms with Gasteiger partial charge in [0.15, 0.2) is 0 Å². The predicted molar refractivity (Wildman–Crippen MR) is 68.2 cm³/mol. The standard InChI is InChI=1S/C14H29N/c1-6-13(2,3)12-14(4,5)15-10-8-7-9-11-15/h6-12H2,1-5H3. The van der Waals surface area contributed by atoms with E-state index < -0.39 is 0 Å². The van der Waals surface area contributed by atoms with Crippen molar-refractivity contribution in [3.05, 3.63) is 0 Å². The van der Waals surface area contributed by atoms with E-state index in [0.717, 1.165) is 0 Å². The van der Waals surface area contributed by atoms with Gasteiger partial charge in [0.25, 0.3) is 0 Å². The first kappa shape index (κ1) is 13.0. The fourth-order valence-corrected chi connectivity index (χ4v) is 2.91. The highest BCUT2D eigenvalue weighted by molar-refractivity contribution is 4.88. The van der Waals surface area contributed by atoms with Crippen molar-refractivity contribution in [1.29, 1.82) is 0 Å². The van der Waals surface area contributed by atoms with Crippen LogP contribution in [0.3, 0.4) is 0 Å². The van der Waals surface area contributed by atoms with Gasteiger partial charge in [-0.1, -0.05) is 33.6 Å². The Labute approximate surface area is 96.2 Å². The minimum Gasteiger partial charge on any atom is -0.298 e. The van der Waals surface area contributed by atoms with Gasteiger partial charge in [-0.2, -0.15) is 0 Å². The smallest absolute Gasteiger partial charge is 0.0158 e. The molecule has 0 amide bonds. The molecule has 1 fully saturated rings. The van der Waals surface area contributed by atoms with Crippen molar-refractivity contribution in [1.82, 2.24) is 4.90 Å². The summed E-state index contributed by atoms with van der Waals surface area (Å²) in [4.78, 5) is 2.70. The van der Waals surface area contributed by atoms with Gasteiger partial charge in [-0.15, -0.1) is 0 Å². The molecule has 0 aromatic carbocycles. The molecule has 1 aliphatic rings. The van der Waals surface area contributed by atoms with Gasteiger partial charge < -0.3 is 0 Å². The van der Waals surface area contributed by atoms with E-state index in [0.29, 0.717) is 11.0 Å². The van der Waals surface area contributed by atoms with E-state index in [2.05, 4.69) is 39.5 Å². The molecule has 0 unspecified atom stereocenters. The van der Waals surface area contributed by atoms with Crippen molar-refractivity contribution in [2.45, 2.75) is 72.3 Å².